The molecule has 64 heavy (non-hydrogen) atoms. The molecule has 0 aliphatic carbocycles. The number of nitrogens with zero attached hydrogens (tertiary/aromatic N) is 2. The summed E-state index contributed by atoms with van der Waals surface area (Å²) < 4.78 is 17.5. The first-order chi connectivity index (χ1) is 31.7. The van der Waals surface area contributed by atoms with Crippen LogP contribution in [0.3, 0.4) is 0 Å². The molecule has 0 aliphatic rings. The predicted octanol–water partition coefficient (Wildman–Crippen LogP) is 16.7. The lowest BCUT2D eigenvalue weighted by Gasteiger charge is -2.11. The lowest BCUT2D eigenvalue weighted by atomic mass is 9.98. The molecule has 10 aromatic carbocycles. The van der Waals surface area contributed by atoms with Crippen LogP contribution in [0.1, 0.15) is 0 Å². The van der Waals surface area contributed by atoms with Crippen LogP contribution in [-0.2, 0) is 0 Å². The Bertz CT molecular complexity index is 4200. The number of aromatic nitrogens is 2. The minimum atomic E-state index is 0.883. The summed E-state index contributed by atoms with van der Waals surface area (Å²) in [6.45, 7) is 0. The van der Waals surface area contributed by atoms with Gasteiger partial charge in [0.25, 0.3) is 0 Å². The zero-order chi connectivity index (χ0) is 41.9. The second-order valence-corrected chi connectivity index (χ2v) is 16.9. The van der Waals surface area contributed by atoms with E-state index >= 15 is 0 Å². The average molecular weight is 817 g/mol. The van der Waals surface area contributed by atoms with Crippen LogP contribution in [0.5, 0.6) is 0 Å². The standard InChI is InChI=1S/C60H36N2O2/c1-2-13-42(14-3-1)61-52-20-7-4-16-45(52)48-33-37(24-28-54(48)61)39-26-30-57-50(35-39)51-36-40(27-31-58(51)63-57)38-25-29-55-49(34-38)46-17-5-8-21-53(46)62(55)43-15-10-12-41(32-43)44-19-11-23-59-60(44)47-18-6-9-22-56(47)64-59/h1-36H. The third kappa shape index (κ3) is 5.17. The van der Waals surface area contributed by atoms with E-state index < -0.39 is 0 Å². The first-order valence-corrected chi connectivity index (χ1v) is 21.8. The molecule has 0 N–H and O–H groups in total. The van der Waals surface area contributed by atoms with E-state index in [1.807, 2.05) is 12.1 Å². The summed E-state index contributed by atoms with van der Waals surface area (Å²) in [5.41, 5.74) is 17.5. The van der Waals surface area contributed by atoms with Gasteiger partial charge in [0.05, 0.1) is 22.1 Å². The molecular formula is C60H36N2O2. The topological polar surface area (TPSA) is 36.1 Å². The lowest BCUT2D eigenvalue weighted by molar-refractivity contribution is 0.668. The molecule has 0 aliphatic heterocycles. The second-order valence-electron chi connectivity index (χ2n) is 16.9. The van der Waals surface area contributed by atoms with Crippen molar-refractivity contribution >= 4 is 87.5 Å². The summed E-state index contributed by atoms with van der Waals surface area (Å²) in [6.07, 6.45) is 0. The summed E-state index contributed by atoms with van der Waals surface area (Å²) in [5, 5.41) is 9.40. The smallest absolute Gasteiger partial charge is 0.136 e. The zero-order valence-corrected chi connectivity index (χ0v) is 34.5. The third-order valence-electron chi connectivity index (χ3n) is 13.3. The maximum atomic E-state index is 6.46. The van der Waals surface area contributed by atoms with Gasteiger partial charge in [0, 0.05) is 54.5 Å². The largest absolute Gasteiger partial charge is 0.456 e. The van der Waals surface area contributed by atoms with E-state index in [2.05, 4.69) is 215 Å². The van der Waals surface area contributed by atoms with E-state index in [4.69, 9.17) is 8.83 Å². The fourth-order valence-electron chi connectivity index (χ4n) is 10.4. The Morgan fingerprint density at radius 2 is 0.703 bits per heavy atom. The Hall–Kier alpha value is -8.60. The van der Waals surface area contributed by atoms with Gasteiger partial charge in [-0.3, -0.25) is 0 Å². The molecule has 0 fully saturated rings. The second kappa shape index (κ2) is 13.4. The van der Waals surface area contributed by atoms with Crippen molar-refractivity contribution in [2.24, 2.45) is 0 Å². The first-order valence-electron chi connectivity index (χ1n) is 21.8. The summed E-state index contributed by atoms with van der Waals surface area (Å²) in [4.78, 5) is 0. The molecule has 0 spiro atoms. The highest BCUT2D eigenvalue weighted by molar-refractivity contribution is 6.15. The van der Waals surface area contributed by atoms with Gasteiger partial charge in [0.2, 0.25) is 0 Å². The van der Waals surface area contributed by atoms with Crippen molar-refractivity contribution in [1.29, 1.82) is 0 Å². The van der Waals surface area contributed by atoms with Crippen molar-refractivity contribution in [2.45, 2.75) is 0 Å². The summed E-state index contributed by atoms with van der Waals surface area (Å²) >= 11 is 0. The van der Waals surface area contributed by atoms with Gasteiger partial charge in [0.15, 0.2) is 0 Å². The number of hydrogen-bond donors (Lipinski definition) is 0. The minimum absolute atomic E-state index is 0.883. The van der Waals surface area contributed by atoms with Crippen LogP contribution < -0.4 is 0 Å². The molecule has 14 rings (SSSR count). The van der Waals surface area contributed by atoms with Crippen molar-refractivity contribution in [2.75, 3.05) is 0 Å². The van der Waals surface area contributed by atoms with Gasteiger partial charge in [-0.25, -0.2) is 0 Å². The van der Waals surface area contributed by atoms with E-state index in [1.54, 1.807) is 0 Å². The van der Waals surface area contributed by atoms with Crippen LogP contribution in [-0.4, -0.2) is 9.13 Å². The quantitative estimate of drug-likeness (QED) is 0.173. The molecule has 0 radical (unpaired) electrons. The normalized spacial score (nSPS) is 12.1. The molecule has 0 amide bonds. The van der Waals surface area contributed by atoms with Gasteiger partial charge < -0.3 is 18.0 Å². The molecule has 4 aromatic heterocycles. The van der Waals surface area contributed by atoms with E-state index in [1.165, 1.54) is 43.7 Å². The molecule has 0 saturated heterocycles. The van der Waals surface area contributed by atoms with Gasteiger partial charge in [-0.15, -0.1) is 0 Å². The average Bonchev–Trinajstić information content (AvgIpc) is 4.11. The van der Waals surface area contributed by atoms with E-state index in [0.717, 1.165) is 88.6 Å². The molecule has 14 aromatic rings. The predicted molar refractivity (Wildman–Crippen MR) is 266 cm³/mol. The van der Waals surface area contributed by atoms with Gasteiger partial charge >= 0.3 is 0 Å². The number of para-hydroxylation sites is 4. The highest BCUT2D eigenvalue weighted by Crippen LogP contribution is 2.42. The van der Waals surface area contributed by atoms with Crippen LogP contribution in [0.15, 0.2) is 227 Å². The van der Waals surface area contributed by atoms with Gasteiger partial charge in [0.1, 0.15) is 22.3 Å². The Morgan fingerprint density at radius 1 is 0.250 bits per heavy atom. The number of benzene rings is 10. The van der Waals surface area contributed by atoms with E-state index in [-0.39, 0.29) is 0 Å². The van der Waals surface area contributed by atoms with Crippen molar-refractivity contribution in [3.05, 3.63) is 218 Å². The summed E-state index contributed by atoms with van der Waals surface area (Å²) in [5.74, 6) is 0. The van der Waals surface area contributed by atoms with Crippen molar-refractivity contribution in [3.8, 4) is 44.8 Å². The highest BCUT2D eigenvalue weighted by atomic mass is 16.3. The number of furan rings is 2. The zero-order valence-electron chi connectivity index (χ0n) is 34.5. The molecular weight excluding hydrogens is 781 g/mol. The van der Waals surface area contributed by atoms with Gasteiger partial charge in [-0.2, -0.15) is 0 Å². The Labute approximate surface area is 367 Å². The molecule has 4 heterocycles. The number of rotatable bonds is 5. The van der Waals surface area contributed by atoms with Crippen LogP contribution in [0.2, 0.25) is 0 Å². The maximum absolute atomic E-state index is 6.46. The SMILES string of the molecule is c1ccc(-n2c3ccccc3c3cc(-c4ccc5oc6ccc(-c7ccc8c(c7)c7ccccc7n8-c7cccc(-c8cccc9oc%10ccccc%10c89)c7)cc6c5c4)ccc32)cc1. The Kier molecular flexibility index (Phi) is 7.36. The molecule has 298 valence electrons. The number of hydrogen-bond acceptors (Lipinski definition) is 2. The van der Waals surface area contributed by atoms with E-state index in [0.29, 0.717) is 0 Å². The molecule has 0 atom stereocenters. The maximum Gasteiger partial charge on any atom is 0.136 e. The molecule has 0 saturated carbocycles. The van der Waals surface area contributed by atoms with Crippen molar-refractivity contribution < 1.29 is 8.83 Å². The third-order valence-corrected chi connectivity index (χ3v) is 13.3. The van der Waals surface area contributed by atoms with Crippen LogP contribution in [0.4, 0.5) is 0 Å². The lowest BCUT2D eigenvalue weighted by Crippen LogP contribution is -1.94. The van der Waals surface area contributed by atoms with Gasteiger partial charge in [-0.1, -0.05) is 121 Å². The minimum Gasteiger partial charge on any atom is -0.456 e. The number of fused-ring (bicyclic) bond motifs is 12. The van der Waals surface area contributed by atoms with Crippen molar-refractivity contribution in [3.63, 3.8) is 0 Å². The van der Waals surface area contributed by atoms with Crippen molar-refractivity contribution in [1.82, 2.24) is 9.13 Å². The Morgan fingerprint density at radius 3 is 1.36 bits per heavy atom. The Balaban J connectivity index is 0.871. The van der Waals surface area contributed by atoms with Crippen LogP contribution in [0, 0.1) is 0 Å². The first kappa shape index (κ1) is 35.0. The molecule has 0 unspecified atom stereocenters. The highest BCUT2D eigenvalue weighted by Gasteiger charge is 2.18. The molecule has 0 bridgehead atoms. The summed E-state index contributed by atoms with van der Waals surface area (Å²) in [7, 11) is 0. The van der Waals surface area contributed by atoms with Gasteiger partial charge in [-0.05, 0) is 130 Å². The monoisotopic (exact) mass is 816 g/mol. The van der Waals surface area contributed by atoms with E-state index in [9.17, 15) is 0 Å². The molecule has 4 heteroatoms. The van der Waals surface area contributed by atoms with Crippen LogP contribution in [0.25, 0.3) is 132 Å². The van der Waals surface area contributed by atoms with Crippen LogP contribution >= 0.6 is 0 Å². The summed E-state index contributed by atoms with van der Waals surface area (Å²) in [6, 6.07) is 78.6. The molecule has 4 nitrogen and oxygen atoms in total. The fourth-order valence-corrected chi connectivity index (χ4v) is 10.4. The fraction of sp³-hybridized carbons (Fsp3) is 0.